The molecule has 3 aromatic carbocycles. The second kappa shape index (κ2) is 5.17. The molecule has 3 aromatic rings. The van der Waals surface area contributed by atoms with Crippen molar-refractivity contribution in [2.45, 2.75) is 12.8 Å². The topological polar surface area (TPSA) is 21.3 Å². The van der Waals surface area contributed by atoms with Crippen molar-refractivity contribution >= 4 is 26.7 Å². The minimum absolute atomic E-state index is 0.0910. The van der Waals surface area contributed by atoms with Crippen LogP contribution in [-0.2, 0) is 6.54 Å². The van der Waals surface area contributed by atoms with Crippen LogP contribution in [0, 0.1) is 0 Å². The van der Waals surface area contributed by atoms with Crippen molar-refractivity contribution in [2.24, 2.45) is 0 Å². The third-order valence-corrected chi connectivity index (χ3v) is 4.41. The number of rotatable bonds is 1. The molecule has 1 aliphatic rings. The molecule has 1 unspecified atom stereocenters. The number of nitrogens with one attached hydrogen (secondary N) is 1. The fourth-order valence-electron chi connectivity index (χ4n) is 2.80. The van der Waals surface area contributed by atoms with Crippen LogP contribution < -0.4 is 10.1 Å². The van der Waals surface area contributed by atoms with E-state index < -0.39 is 0 Å². The van der Waals surface area contributed by atoms with E-state index in [2.05, 4.69) is 69.8 Å². The normalized spacial score (nSPS) is 17.3. The van der Waals surface area contributed by atoms with Crippen molar-refractivity contribution in [1.29, 1.82) is 0 Å². The molecule has 0 saturated carbocycles. The molecule has 0 radical (unpaired) electrons. The van der Waals surface area contributed by atoms with Gasteiger partial charge in [0.25, 0.3) is 0 Å². The van der Waals surface area contributed by atoms with Gasteiger partial charge >= 0.3 is 0 Å². The van der Waals surface area contributed by atoms with Crippen LogP contribution in [0.5, 0.6) is 5.75 Å². The van der Waals surface area contributed by atoms with Gasteiger partial charge in [0.2, 0.25) is 0 Å². The zero-order chi connectivity index (χ0) is 14.2. The molecule has 0 saturated heterocycles. The SMILES string of the molecule is Brc1ccc(C2NCc3c(ccc4ccccc34)O2)cc1. The van der Waals surface area contributed by atoms with Crippen LogP contribution in [0.1, 0.15) is 17.4 Å². The second-order valence-electron chi connectivity index (χ2n) is 5.19. The summed E-state index contributed by atoms with van der Waals surface area (Å²) in [6, 6.07) is 20.9. The van der Waals surface area contributed by atoms with Crippen molar-refractivity contribution < 1.29 is 4.74 Å². The Morgan fingerprint density at radius 2 is 1.76 bits per heavy atom. The summed E-state index contributed by atoms with van der Waals surface area (Å²) >= 11 is 3.46. The smallest absolute Gasteiger partial charge is 0.176 e. The first kappa shape index (κ1) is 12.9. The third-order valence-electron chi connectivity index (χ3n) is 3.88. The highest BCUT2D eigenvalue weighted by Crippen LogP contribution is 2.34. The molecule has 1 N–H and O–H groups in total. The molecule has 4 rings (SSSR count). The van der Waals surface area contributed by atoms with Gasteiger partial charge in [-0.3, -0.25) is 5.32 Å². The highest BCUT2D eigenvalue weighted by Gasteiger charge is 2.21. The minimum atomic E-state index is -0.0910. The lowest BCUT2D eigenvalue weighted by Gasteiger charge is -2.28. The van der Waals surface area contributed by atoms with Crippen molar-refractivity contribution in [2.75, 3.05) is 0 Å². The molecule has 3 heteroatoms. The predicted molar refractivity (Wildman–Crippen MR) is 88.3 cm³/mol. The largest absolute Gasteiger partial charge is 0.471 e. The molecular weight excluding hydrogens is 326 g/mol. The summed E-state index contributed by atoms with van der Waals surface area (Å²) in [7, 11) is 0. The molecule has 21 heavy (non-hydrogen) atoms. The summed E-state index contributed by atoms with van der Waals surface area (Å²) < 4.78 is 7.22. The summed E-state index contributed by atoms with van der Waals surface area (Å²) in [4.78, 5) is 0. The Balaban J connectivity index is 1.72. The second-order valence-corrected chi connectivity index (χ2v) is 6.11. The molecular formula is C18H14BrNO. The van der Waals surface area contributed by atoms with Crippen LogP contribution in [0.3, 0.4) is 0 Å². The monoisotopic (exact) mass is 339 g/mol. The first-order valence-electron chi connectivity index (χ1n) is 6.97. The molecule has 104 valence electrons. The van der Waals surface area contributed by atoms with Gasteiger partial charge < -0.3 is 4.74 Å². The average molecular weight is 340 g/mol. The van der Waals surface area contributed by atoms with Gasteiger partial charge in [-0.25, -0.2) is 0 Å². The van der Waals surface area contributed by atoms with Crippen molar-refractivity contribution in [3.8, 4) is 5.75 Å². The Hall–Kier alpha value is -1.84. The number of ether oxygens (including phenoxy) is 1. The zero-order valence-corrected chi connectivity index (χ0v) is 12.9. The maximum atomic E-state index is 6.14. The molecule has 0 amide bonds. The minimum Gasteiger partial charge on any atom is -0.471 e. The van der Waals surface area contributed by atoms with E-state index in [1.165, 1.54) is 16.3 Å². The third kappa shape index (κ3) is 2.33. The summed E-state index contributed by atoms with van der Waals surface area (Å²) in [5.41, 5.74) is 2.37. The van der Waals surface area contributed by atoms with E-state index in [1.54, 1.807) is 0 Å². The van der Waals surface area contributed by atoms with Gasteiger partial charge in [-0.15, -0.1) is 0 Å². The fourth-order valence-corrected chi connectivity index (χ4v) is 3.06. The fraction of sp³-hybridized carbons (Fsp3) is 0.111. The van der Waals surface area contributed by atoms with Crippen LogP contribution in [0.2, 0.25) is 0 Å². The molecule has 0 aromatic heterocycles. The summed E-state index contributed by atoms with van der Waals surface area (Å²) in [6.07, 6.45) is -0.0910. The van der Waals surface area contributed by atoms with Gasteiger partial charge in [0.05, 0.1) is 0 Å². The highest BCUT2D eigenvalue weighted by atomic mass is 79.9. The summed E-state index contributed by atoms with van der Waals surface area (Å²) in [5, 5.41) is 5.98. The Morgan fingerprint density at radius 3 is 2.62 bits per heavy atom. The Labute approximate surface area is 131 Å². The van der Waals surface area contributed by atoms with Crippen LogP contribution in [-0.4, -0.2) is 0 Å². The molecule has 2 nitrogen and oxygen atoms in total. The van der Waals surface area contributed by atoms with Gasteiger partial charge in [0, 0.05) is 22.1 Å². The van der Waals surface area contributed by atoms with Crippen molar-refractivity contribution in [3.05, 3.63) is 76.3 Å². The first-order chi connectivity index (χ1) is 10.3. The lowest BCUT2D eigenvalue weighted by atomic mass is 10.0. The number of hydrogen-bond donors (Lipinski definition) is 1. The first-order valence-corrected chi connectivity index (χ1v) is 7.77. The van der Waals surface area contributed by atoms with E-state index in [0.717, 1.165) is 22.3 Å². The van der Waals surface area contributed by atoms with Gasteiger partial charge in [-0.2, -0.15) is 0 Å². The van der Waals surface area contributed by atoms with Crippen LogP contribution in [0.25, 0.3) is 10.8 Å². The number of fused-ring (bicyclic) bond motifs is 3. The Kier molecular flexibility index (Phi) is 3.17. The van der Waals surface area contributed by atoms with Gasteiger partial charge in [-0.1, -0.05) is 58.4 Å². The predicted octanol–water partition coefficient (Wildman–Crippen LogP) is 4.78. The van der Waals surface area contributed by atoms with E-state index in [9.17, 15) is 0 Å². The van der Waals surface area contributed by atoms with E-state index in [1.807, 2.05) is 12.1 Å². The molecule has 1 aliphatic heterocycles. The van der Waals surface area contributed by atoms with E-state index in [4.69, 9.17) is 4.74 Å². The molecule has 0 spiro atoms. The van der Waals surface area contributed by atoms with E-state index >= 15 is 0 Å². The van der Waals surface area contributed by atoms with E-state index in [-0.39, 0.29) is 6.23 Å². The number of hydrogen-bond acceptors (Lipinski definition) is 2. The van der Waals surface area contributed by atoms with Gasteiger partial charge in [-0.05, 0) is 29.0 Å². The van der Waals surface area contributed by atoms with Crippen molar-refractivity contribution in [1.82, 2.24) is 5.32 Å². The summed E-state index contributed by atoms with van der Waals surface area (Å²) in [5.74, 6) is 0.973. The zero-order valence-electron chi connectivity index (χ0n) is 11.3. The molecule has 0 fully saturated rings. The standard InChI is InChI=1S/C18H14BrNO/c19-14-8-5-13(6-9-14)18-20-11-16-15-4-2-1-3-12(15)7-10-17(16)21-18/h1-10,18,20H,11H2. The molecule has 0 aliphatic carbocycles. The lowest BCUT2D eigenvalue weighted by molar-refractivity contribution is 0.145. The van der Waals surface area contributed by atoms with Crippen LogP contribution in [0.15, 0.2) is 65.1 Å². The number of benzene rings is 3. The quantitative estimate of drug-likeness (QED) is 0.688. The molecule has 1 heterocycles. The highest BCUT2D eigenvalue weighted by molar-refractivity contribution is 9.10. The number of halogens is 1. The Morgan fingerprint density at radius 1 is 0.952 bits per heavy atom. The van der Waals surface area contributed by atoms with Crippen LogP contribution in [0.4, 0.5) is 0 Å². The maximum absolute atomic E-state index is 6.14. The molecule has 0 bridgehead atoms. The van der Waals surface area contributed by atoms with Gasteiger partial charge in [0.15, 0.2) is 6.23 Å². The summed E-state index contributed by atoms with van der Waals surface area (Å²) in [6.45, 7) is 0.817. The Bertz CT molecular complexity index is 798. The van der Waals surface area contributed by atoms with Crippen molar-refractivity contribution in [3.63, 3.8) is 0 Å². The maximum Gasteiger partial charge on any atom is 0.176 e. The van der Waals surface area contributed by atoms with Gasteiger partial charge in [0.1, 0.15) is 5.75 Å². The average Bonchev–Trinajstić information content (AvgIpc) is 2.55. The molecule has 1 atom stereocenters. The lowest BCUT2D eigenvalue weighted by Crippen LogP contribution is -2.30. The van der Waals surface area contributed by atoms with E-state index in [0.29, 0.717) is 0 Å². The van der Waals surface area contributed by atoms with Crippen LogP contribution >= 0.6 is 15.9 Å².